The van der Waals surface area contributed by atoms with Crippen LogP contribution in [0.1, 0.15) is 34.1 Å². The number of phenols is 1. The van der Waals surface area contributed by atoms with Gasteiger partial charge in [-0.05, 0) is 23.5 Å². The summed E-state index contributed by atoms with van der Waals surface area (Å²) in [6.07, 6.45) is 0.510. The number of aromatic hydroxyl groups is 1. The first-order valence-corrected chi connectivity index (χ1v) is 6.27. The van der Waals surface area contributed by atoms with E-state index in [4.69, 9.17) is 0 Å². The highest BCUT2D eigenvalue weighted by atomic mass is 16.3. The fraction of sp³-hybridized carbons (Fsp3) is 0.533. The number of anilines is 1. The summed E-state index contributed by atoms with van der Waals surface area (Å²) in [6, 6.07) is 6.75. The highest BCUT2D eigenvalue weighted by Gasteiger charge is 2.24. The second-order valence-corrected chi connectivity index (χ2v) is 5.94. The zero-order valence-electron chi connectivity index (χ0n) is 11.9. The molecule has 3 heteroatoms. The molecule has 3 nitrogen and oxygen atoms in total. The first-order valence-electron chi connectivity index (χ1n) is 6.27. The maximum atomic E-state index is 12.2. The summed E-state index contributed by atoms with van der Waals surface area (Å²) in [5.74, 6) is 0.559. The third kappa shape index (κ3) is 3.76. The van der Waals surface area contributed by atoms with Gasteiger partial charge in [0.25, 0.3) is 0 Å². The molecule has 1 atom stereocenters. The number of carbonyl (C=O) groups excluding carboxylic acids is 1. The summed E-state index contributed by atoms with van der Waals surface area (Å²) >= 11 is 0. The molecule has 0 aliphatic heterocycles. The van der Waals surface area contributed by atoms with E-state index in [2.05, 4.69) is 27.7 Å². The Hall–Kier alpha value is -1.51. The van der Waals surface area contributed by atoms with E-state index >= 15 is 0 Å². The molecule has 0 heterocycles. The Morgan fingerprint density at radius 1 is 1.39 bits per heavy atom. The summed E-state index contributed by atoms with van der Waals surface area (Å²) in [5.41, 5.74) is 0.844. The van der Waals surface area contributed by atoms with Crippen molar-refractivity contribution in [3.8, 4) is 5.75 Å². The number of benzene rings is 1. The normalized spacial score (nSPS) is 13.2. The Bertz CT molecular complexity index is 421. The van der Waals surface area contributed by atoms with Crippen LogP contribution in [0.25, 0.3) is 0 Å². The smallest absolute Gasteiger partial charge is 0.227 e. The molecule has 0 fully saturated rings. The van der Waals surface area contributed by atoms with Gasteiger partial charge in [-0.2, -0.15) is 0 Å². The number of amides is 1. The molecular weight excluding hydrogens is 226 g/mol. The van der Waals surface area contributed by atoms with E-state index in [1.54, 1.807) is 30.1 Å². The molecule has 0 saturated carbocycles. The van der Waals surface area contributed by atoms with E-state index in [0.717, 1.165) is 5.69 Å². The maximum absolute atomic E-state index is 12.2. The number of nitrogens with zero attached hydrogens (tertiary/aromatic N) is 1. The van der Waals surface area contributed by atoms with Crippen molar-refractivity contribution in [3.05, 3.63) is 24.3 Å². The van der Waals surface area contributed by atoms with E-state index in [1.165, 1.54) is 0 Å². The zero-order valence-corrected chi connectivity index (χ0v) is 11.9. The number of hydrogen-bond acceptors (Lipinski definition) is 2. The number of rotatable bonds is 3. The standard InChI is InChI=1S/C15H23NO2/c1-11(15(2,3)4)9-14(18)16(5)12-7-6-8-13(17)10-12/h6-8,10-11,17H,9H2,1-5H3. The van der Waals surface area contributed by atoms with Crippen LogP contribution in [-0.2, 0) is 4.79 Å². The Balaban J connectivity index is 2.73. The van der Waals surface area contributed by atoms with E-state index in [9.17, 15) is 9.90 Å². The highest BCUT2D eigenvalue weighted by molar-refractivity contribution is 5.93. The van der Waals surface area contributed by atoms with Crippen molar-refractivity contribution >= 4 is 11.6 Å². The van der Waals surface area contributed by atoms with Gasteiger partial charge in [-0.15, -0.1) is 0 Å². The third-order valence-corrected chi connectivity index (χ3v) is 3.55. The molecule has 1 amide bonds. The second-order valence-electron chi connectivity index (χ2n) is 5.94. The molecular formula is C15H23NO2. The number of carbonyl (C=O) groups is 1. The Morgan fingerprint density at radius 2 is 2.00 bits per heavy atom. The molecule has 18 heavy (non-hydrogen) atoms. The fourth-order valence-corrected chi connectivity index (χ4v) is 1.55. The largest absolute Gasteiger partial charge is 0.508 e. The molecule has 0 saturated heterocycles. The molecule has 0 aromatic heterocycles. The topological polar surface area (TPSA) is 40.5 Å². The van der Waals surface area contributed by atoms with Gasteiger partial charge < -0.3 is 10.0 Å². The monoisotopic (exact) mass is 249 g/mol. The minimum absolute atomic E-state index is 0.0722. The molecule has 1 N–H and O–H groups in total. The van der Waals surface area contributed by atoms with Crippen molar-refractivity contribution in [2.24, 2.45) is 11.3 Å². The molecule has 0 aliphatic rings. The van der Waals surface area contributed by atoms with E-state index in [-0.39, 0.29) is 17.1 Å². The first kappa shape index (κ1) is 14.6. The zero-order chi connectivity index (χ0) is 13.9. The van der Waals surface area contributed by atoms with E-state index in [1.807, 2.05) is 6.07 Å². The van der Waals surface area contributed by atoms with Crippen LogP contribution in [-0.4, -0.2) is 18.1 Å². The highest BCUT2D eigenvalue weighted by Crippen LogP contribution is 2.29. The average Bonchev–Trinajstić information content (AvgIpc) is 2.26. The van der Waals surface area contributed by atoms with Gasteiger partial charge in [0.2, 0.25) is 5.91 Å². The molecule has 0 bridgehead atoms. The van der Waals surface area contributed by atoms with Crippen molar-refractivity contribution in [2.75, 3.05) is 11.9 Å². The lowest BCUT2D eigenvalue weighted by molar-refractivity contribution is -0.119. The molecule has 1 rings (SSSR count). The Morgan fingerprint density at radius 3 is 2.50 bits per heavy atom. The lowest BCUT2D eigenvalue weighted by atomic mass is 9.80. The first-order chi connectivity index (χ1) is 8.21. The van der Waals surface area contributed by atoms with Crippen molar-refractivity contribution in [1.29, 1.82) is 0 Å². The SMILES string of the molecule is CC(CC(=O)N(C)c1cccc(O)c1)C(C)(C)C. The van der Waals surface area contributed by atoms with Gasteiger partial charge in [-0.25, -0.2) is 0 Å². The molecule has 0 radical (unpaired) electrons. The van der Waals surface area contributed by atoms with Crippen molar-refractivity contribution in [2.45, 2.75) is 34.1 Å². The summed E-state index contributed by atoms with van der Waals surface area (Å²) in [6.45, 7) is 8.51. The molecule has 0 spiro atoms. The molecule has 1 aromatic carbocycles. The van der Waals surface area contributed by atoms with Crippen LogP contribution in [0.15, 0.2) is 24.3 Å². The summed E-state index contributed by atoms with van der Waals surface area (Å²) in [7, 11) is 1.74. The van der Waals surface area contributed by atoms with Gasteiger partial charge in [0, 0.05) is 25.2 Å². The van der Waals surface area contributed by atoms with Crippen LogP contribution in [0.5, 0.6) is 5.75 Å². The maximum Gasteiger partial charge on any atom is 0.227 e. The molecule has 1 aromatic rings. The Kier molecular flexibility index (Phi) is 4.38. The summed E-state index contributed by atoms with van der Waals surface area (Å²) in [5, 5.41) is 9.42. The summed E-state index contributed by atoms with van der Waals surface area (Å²) in [4.78, 5) is 13.8. The predicted octanol–water partition coefficient (Wildman–Crippen LogP) is 3.43. The fourth-order valence-electron chi connectivity index (χ4n) is 1.55. The van der Waals surface area contributed by atoms with Crippen LogP contribution in [0, 0.1) is 11.3 Å². The van der Waals surface area contributed by atoms with Crippen molar-refractivity contribution in [3.63, 3.8) is 0 Å². The van der Waals surface area contributed by atoms with Crippen LogP contribution >= 0.6 is 0 Å². The molecule has 100 valence electrons. The molecule has 1 unspecified atom stereocenters. The molecule has 0 aliphatic carbocycles. The van der Waals surface area contributed by atoms with E-state index in [0.29, 0.717) is 12.3 Å². The Labute approximate surface area is 109 Å². The van der Waals surface area contributed by atoms with Crippen molar-refractivity contribution in [1.82, 2.24) is 0 Å². The number of phenolic OH excluding ortho intramolecular Hbond substituents is 1. The van der Waals surface area contributed by atoms with Crippen molar-refractivity contribution < 1.29 is 9.90 Å². The third-order valence-electron chi connectivity index (χ3n) is 3.55. The van der Waals surface area contributed by atoms with Crippen LogP contribution < -0.4 is 4.90 Å². The predicted molar refractivity (Wildman–Crippen MR) is 74.8 cm³/mol. The minimum atomic E-state index is 0.0722. The van der Waals surface area contributed by atoms with E-state index < -0.39 is 0 Å². The van der Waals surface area contributed by atoms with Crippen LogP contribution in [0.3, 0.4) is 0 Å². The summed E-state index contributed by atoms with van der Waals surface area (Å²) < 4.78 is 0. The van der Waals surface area contributed by atoms with Gasteiger partial charge in [-0.1, -0.05) is 33.8 Å². The second kappa shape index (κ2) is 5.42. The lowest BCUT2D eigenvalue weighted by Crippen LogP contribution is -2.30. The van der Waals surface area contributed by atoms with Crippen LogP contribution in [0.2, 0.25) is 0 Å². The van der Waals surface area contributed by atoms with Gasteiger partial charge in [0.1, 0.15) is 5.75 Å². The van der Waals surface area contributed by atoms with Crippen LogP contribution in [0.4, 0.5) is 5.69 Å². The van der Waals surface area contributed by atoms with Gasteiger partial charge >= 0.3 is 0 Å². The lowest BCUT2D eigenvalue weighted by Gasteiger charge is -2.28. The minimum Gasteiger partial charge on any atom is -0.508 e. The number of hydrogen-bond donors (Lipinski definition) is 1. The van der Waals surface area contributed by atoms with Gasteiger partial charge in [0.15, 0.2) is 0 Å². The quantitative estimate of drug-likeness (QED) is 0.891. The van der Waals surface area contributed by atoms with Gasteiger partial charge in [0.05, 0.1) is 0 Å². The van der Waals surface area contributed by atoms with Gasteiger partial charge in [-0.3, -0.25) is 4.79 Å². The average molecular weight is 249 g/mol.